The quantitative estimate of drug-likeness (QED) is 0.271. The molecule has 20 heavy (non-hydrogen) atoms. The van der Waals surface area contributed by atoms with Crippen LogP contribution in [0.2, 0.25) is 0 Å². The van der Waals surface area contributed by atoms with E-state index in [0.29, 0.717) is 0 Å². The summed E-state index contributed by atoms with van der Waals surface area (Å²) in [5.41, 5.74) is 0. The van der Waals surface area contributed by atoms with Crippen LogP contribution in [0.4, 0.5) is 8.78 Å². The monoisotopic (exact) mass is 291 g/mol. The van der Waals surface area contributed by atoms with Crippen molar-refractivity contribution >= 4 is 0 Å². The van der Waals surface area contributed by atoms with E-state index in [1.165, 1.54) is 56.3 Å². The highest BCUT2D eigenvalue weighted by atomic mass is 19.3. The van der Waals surface area contributed by atoms with Crippen molar-refractivity contribution in [3.63, 3.8) is 0 Å². The summed E-state index contributed by atoms with van der Waals surface area (Å²) in [6.07, 6.45) is 13.9. The van der Waals surface area contributed by atoms with Gasteiger partial charge in [-0.25, -0.2) is 4.90 Å². The van der Waals surface area contributed by atoms with Crippen molar-refractivity contribution in [3.05, 3.63) is 0 Å². The number of hydrogen-bond donors (Lipinski definition) is 0. The average Bonchev–Trinajstić information content (AvgIpc) is 2.43. The Morgan fingerprint density at radius 2 is 1.10 bits per heavy atom. The molecule has 0 spiro atoms. The second-order valence-electron chi connectivity index (χ2n) is 6.00. The number of alkyl halides is 2. The molecular weight excluding hydrogens is 256 g/mol. The summed E-state index contributed by atoms with van der Waals surface area (Å²) in [5.74, 6) is 0. The Morgan fingerprint density at radius 1 is 0.700 bits per heavy atom. The third-order valence-electron chi connectivity index (χ3n) is 4.17. The van der Waals surface area contributed by atoms with Crippen LogP contribution >= 0.6 is 0 Å². The van der Waals surface area contributed by atoms with Gasteiger partial charge in [0.15, 0.2) is 0 Å². The van der Waals surface area contributed by atoms with Crippen molar-refractivity contribution in [3.8, 4) is 0 Å². The molecule has 3 heteroatoms. The Bertz CT molecular complexity index is 183. The van der Waals surface area contributed by atoms with Crippen molar-refractivity contribution < 1.29 is 8.78 Å². The fourth-order valence-corrected chi connectivity index (χ4v) is 2.68. The lowest BCUT2D eigenvalue weighted by atomic mass is 9.99. The molecule has 0 bridgehead atoms. The Kier molecular flexibility index (Phi) is 13.7. The van der Waals surface area contributed by atoms with Crippen LogP contribution in [0.5, 0.6) is 0 Å². The van der Waals surface area contributed by atoms with Crippen LogP contribution in [0.3, 0.4) is 0 Å². The Balaban J connectivity index is 3.89. The molecule has 0 rings (SSSR count). The first-order valence-corrected chi connectivity index (χ1v) is 8.63. The number of hydrogen-bond acceptors (Lipinski definition) is 1. The van der Waals surface area contributed by atoms with E-state index in [1.54, 1.807) is 7.05 Å². The minimum absolute atomic E-state index is 0.0678. The van der Waals surface area contributed by atoms with Crippen LogP contribution in [0, 0.1) is 0 Å². The van der Waals surface area contributed by atoms with E-state index in [1.807, 2.05) is 0 Å². The summed E-state index contributed by atoms with van der Waals surface area (Å²) >= 11 is 0. The fourth-order valence-electron chi connectivity index (χ4n) is 2.68. The first kappa shape index (κ1) is 19.8. The molecular formula is C17H35F2N. The Morgan fingerprint density at radius 3 is 1.45 bits per heavy atom. The van der Waals surface area contributed by atoms with Crippen molar-refractivity contribution in [2.45, 2.75) is 103 Å². The standard InChI is InChI=1S/C17H35F2N/c1-4-6-8-10-12-14-16(20(3)17(18)19)15-13-11-9-7-5-2/h16-17H,4-15H2,1-3H3. The molecule has 0 N–H and O–H groups in total. The number of halogens is 2. The SMILES string of the molecule is CCCCCCCC(CCCCCCC)N(C)C(F)F. The number of rotatable bonds is 14. The van der Waals surface area contributed by atoms with Gasteiger partial charge in [0.05, 0.1) is 0 Å². The molecule has 0 aliphatic heterocycles. The molecule has 0 aliphatic rings. The van der Waals surface area contributed by atoms with Gasteiger partial charge < -0.3 is 0 Å². The van der Waals surface area contributed by atoms with Gasteiger partial charge in [0.1, 0.15) is 0 Å². The fraction of sp³-hybridized carbons (Fsp3) is 1.00. The topological polar surface area (TPSA) is 3.24 Å². The van der Waals surface area contributed by atoms with E-state index in [-0.39, 0.29) is 6.04 Å². The van der Waals surface area contributed by atoms with Gasteiger partial charge in [-0.2, -0.15) is 8.78 Å². The highest BCUT2D eigenvalue weighted by molar-refractivity contribution is 4.69. The van der Waals surface area contributed by atoms with E-state index in [0.717, 1.165) is 25.7 Å². The molecule has 0 aromatic carbocycles. The second-order valence-corrected chi connectivity index (χ2v) is 6.00. The normalized spacial score (nSPS) is 12.0. The highest BCUT2D eigenvalue weighted by Gasteiger charge is 2.20. The number of nitrogens with zero attached hydrogens (tertiary/aromatic N) is 1. The van der Waals surface area contributed by atoms with Gasteiger partial charge in [-0.3, -0.25) is 0 Å². The van der Waals surface area contributed by atoms with E-state index in [9.17, 15) is 8.78 Å². The molecule has 0 unspecified atom stereocenters. The maximum absolute atomic E-state index is 12.9. The van der Waals surface area contributed by atoms with E-state index >= 15 is 0 Å². The summed E-state index contributed by atoms with van der Waals surface area (Å²) in [7, 11) is 1.58. The van der Waals surface area contributed by atoms with Crippen LogP contribution in [-0.2, 0) is 0 Å². The zero-order valence-electron chi connectivity index (χ0n) is 13.8. The van der Waals surface area contributed by atoms with Crippen molar-refractivity contribution in [2.75, 3.05) is 7.05 Å². The van der Waals surface area contributed by atoms with Gasteiger partial charge in [0.2, 0.25) is 0 Å². The van der Waals surface area contributed by atoms with E-state index in [2.05, 4.69) is 13.8 Å². The zero-order chi connectivity index (χ0) is 15.2. The lowest BCUT2D eigenvalue weighted by Crippen LogP contribution is -2.35. The van der Waals surface area contributed by atoms with Crippen molar-refractivity contribution in [2.24, 2.45) is 0 Å². The molecule has 0 amide bonds. The molecule has 0 radical (unpaired) electrons. The molecule has 0 saturated heterocycles. The molecule has 0 aromatic heterocycles. The predicted molar refractivity (Wildman–Crippen MR) is 84.3 cm³/mol. The van der Waals surface area contributed by atoms with E-state index < -0.39 is 6.55 Å². The first-order chi connectivity index (χ1) is 9.63. The van der Waals surface area contributed by atoms with Crippen LogP contribution in [0.1, 0.15) is 90.9 Å². The molecule has 0 aliphatic carbocycles. The second kappa shape index (κ2) is 13.8. The lowest BCUT2D eigenvalue weighted by Gasteiger charge is -2.27. The van der Waals surface area contributed by atoms with Crippen LogP contribution in [0.25, 0.3) is 0 Å². The molecule has 0 fully saturated rings. The summed E-state index contributed by atoms with van der Waals surface area (Å²) in [6.45, 7) is 2.08. The zero-order valence-corrected chi connectivity index (χ0v) is 13.8. The summed E-state index contributed by atoms with van der Waals surface area (Å²) in [5, 5.41) is 0. The summed E-state index contributed by atoms with van der Waals surface area (Å²) < 4.78 is 25.7. The maximum Gasteiger partial charge on any atom is 0.294 e. The molecule has 1 nitrogen and oxygen atoms in total. The van der Waals surface area contributed by atoms with E-state index in [4.69, 9.17) is 0 Å². The molecule has 0 saturated carbocycles. The number of unbranched alkanes of at least 4 members (excludes halogenated alkanes) is 8. The average molecular weight is 291 g/mol. The minimum atomic E-state index is -2.31. The largest absolute Gasteiger partial charge is 0.294 e. The minimum Gasteiger partial charge on any atom is -0.247 e. The summed E-state index contributed by atoms with van der Waals surface area (Å²) in [4.78, 5) is 1.28. The predicted octanol–water partition coefficient (Wildman–Crippen LogP) is 6.23. The molecule has 0 aromatic rings. The first-order valence-electron chi connectivity index (χ1n) is 8.63. The molecule has 0 heterocycles. The molecule has 0 atom stereocenters. The summed E-state index contributed by atoms with van der Waals surface area (Å²) in [6, 6.07) is 0.0678. The maximum atomic E-state index is 12.9. The Labute approximate surface area is 125 Å². The molecule has 122 valence electrons. The van der Waals surface area contributed by atoms with Crippen LogP contribution in [0.15, 0.2) is 0 Å². The van der Waals surface area contributed by atoms with Gasteiger partial charge >= 0.3 is 0 Å². The van der Waals surface area contributed by atoms with Gasteiger partial charge in [0.25, 0.3) is 6.55 Å². The van der Waals surface area contributed by atoms with Gasteiger partial charge in [-0.15, -0.1) is 0 Å². The van der Waals surface area contributed by atoms with Crippen LogP contribution in [-0.4, -0.2) is 24.5 Å². The smallest absolute Gasteiger partial charge is 0.247 e. The third kappa shape index (κ3) is 10.6. The van der Waals surface area contributed by atoms with Crippen molar-refractivity contribution in [1.29, 1.82) is 0 Å². The van der Waals surface area contributed by atoms with Gasteiger partial charge in [-0.05, 0) is 19.9 Å². The van der Waals surface area contributed by atoms with Gasteiger partial charge in [0, 0.05) is 6.04 Å². The van der Waals surface area contributed by atoms with Crippen LogP contribution < -0.4 is 0 Å². The lowest BCUT2D eigenvalue weighted by molar-refractivity contribution is -0.0404. The van der Waals surface area contributed by atoms with Crippen molar-refractivity contribution in [1.82, 2.24) is 4.90 Å². The van der Waals surface area contributed by atoms with Gasteiger partial charge in [-0.1, -0.05) is 78.1 Å². The third-order valence-corrected chi connectivity index (χ3v) is 4.17. The highest BCUT2D eigenvalue weighted by Crippen LogP contribution is 2.19. The Hall–Kier alpha value is -0.180.